The number of benzene rings is 5. The predicted octanol–water partition coefficient (Wildman–Crippen LogP) is 9.38. The van der Waals surface area contributed by atoms with Gasteiger partial charge in [0.15, 0.2) is 11.6 Å². The van der Waals surface area contributed by atoms with Crippen LogP contribution >= 0.6 is 0 Å². The Morgan fingerprint density at radius 3 is 1.07 bits per heavy atom. The standard InChI is InChI=1S/C40H34O2/c1-23-7-11-25(12-8-23)37(41)27-15-17-29-31-21-36-32(22-35(31)39(3,4)33(29)19-27)30-18-16-28(20-34(30)40(36,5)6)38(42)26-13-9-24(2)10-14-26/h7-22H,1-6H3. The SMILES string of the molecule is Cc1ccc(C(=O)c2ccc3c(c2)C(C)(C)c2cc4c(cc2-3)C(C)(C)c2cc(C(=O)c3ccc(C)cc3)ccc2-4)cc1. The van der Waals surface area contributed by atoms with Crippen molar-refractivity contribution in [3.05, 3.63) is 153 Å². The van der Waals surface area contributed by atoms with Crippen molar-refractivity contribution in [2.24, 2.45) is 0 Å². The summed E-state index contributed by atoms with van der Waals surface area (Å²) in [5.41, 5.74) is 14.5. The van der Waals surface area contributed by atoms with Crippen LogP contribution in [0.25, 0.3) is 22.3 Å². The largest absolute Gasteiger partial charge is 0.289 e. The molecule has 2 aliphatic rings. The molecule has 0 aliphatic heterocycles. The Hall–Kier alpha value is -4.56. The van der Waals surface area contributed by atoms with E-state index in [1.165, 1.54) is 44.5 Å². The van der Waals surface area contributed by atoms with Gasteiger partial charge in [0.1, 0.15) is 0 Å². The average molecular weight is 547 g/mol. The zero-order valence-electron chi connectivity index (χ0n) is 25.1. The van der Waals surface area contributed by atoms with E-state index < -0.39 is 0 Å². The first-order valence-corrected chi connectivity index (χ1v) is 14.7. The maximum Gasteiger partial charge on any atom is 0.193 e. The number of carbonyl (C=O) groups is 2. The molecule has 0 saturated heterocycles. The molecule has 2 nitrogen and oxygen atoms in total. The molecule has 0 atom stereocenters. The van der Waals surface area contributed by atoms with E-state index in [1.807, 2.05) is 74.5 Å². The summed E-state index contributed by atoms with van der Waals surface area (Å²) >= 11 is 0. The number of carbonyl (C=O) groups excluding carboxylic acids is 2. The molecule has 2 heteroatoms. The van der Waals surface area contributed by atoms with Crippen molar-refractivity contribution < 1.29 is 9.59 Å². The minimum absolute atomic E-state index is 0.0538. The van der Waals surface area contributed by atoms with E-state index in [0.29, 0.717) is 11.1 Å². The van der Waals surface area contributed by atoms with Gasteiger partial charge in [-0.1, -0.05) is 112 Å². The van der Waals surface area contributed by atoms with Crippen molar-refractivity contribution in [1.82, 2.24) is 0 Å². The highest BCUT2D eigenvalue weighted by Gasteiger charge is 2.42. The van der Waals surface area contributed by atoms with Crippen LogP contribution in [0.2, 0.25) is 0 Å². The Morgan fingerprint density at radius 2 is 0.714 bits per heavy atom. The zero-order valence-corrected chi connectivity index (χ0v) is 25.1. The molecule has 5 aromatic rings. The number of hydrogen-bond acceptors (Lipinski definition) is 2. The molecule has 0 amide bonds. The summed E-state index contributed by atoms with van der Waals surface area (Å²) in [7, 11) is 0. The molecule has 0 spiro atoms. The van der Waals surface area contributed by atoms with Crippen LogP contribution in [-0.4, -0.2) is 11.6 Å². The molecule has 0 radical (unpaired) electrons. The van der Waals surface area contributed by atoms with Crippen molar-refractivity contribution in [2.75, 3.05) is 0 Å². The Balaban J connectivity index is 1.30. The fraction of sp³-hybridized carbons (Fsp3) is 0.200. The fourth-order valence-electron chi connectivity index (χ4n) is 6.99. The van der Waals surface area contributed by atoms with Gasteiger partial charge < -0.3 is 0 Å². The van der Waals surface area contributed by atoms with E-state index >= 15 is 0 Å². The molecule has 42 heavy (non-hydrogen) atoms. The van der Waals surface area contributed by atoms with Crippen molar-refractivity contribution in [1.29, 1.82) is 0 Å². The third-order valence-electron chi connectivity index (χ3n) is 9.62. The lowest BCUT2D eigenvalue weighted by molar-refractivity contribution is 0.103. The molecule has 0 heterocycles. The molecular weight excluding hydrogens is 512 g/mol. The number of ketones is 2. The van der Waals surface area contributed by atoms with E-state index in [9.17, 15) is 9.59 Å². The van der Waals surface area contributed by atoms with Crippen LogP contribution in [0.5, 0.6) is 0 Å². The van der Waals surface area contributed by atoms with E-state index in [2.05, 4.69) is 64.1 Å². The second kappa shape index (κ2) is 8.97. The second-order valence-electron chi connectivity index (χ2n) is 13.1. The van der Waals surface area contributed by atoms with Gasteiger partial charge in [-0.05, 0) is 82.6 Å². The molecular formula is C40H34O2. The van der Waals surface area contributed by atoms with E-state index in [4.69, 9.17) is 0 Å². The Bertz CT molecular complexity index is 1810. The topological polar surface area (TPSA) is 34.1 Å². The Labute approximate surface area is 248 Å². The predicted molar refractivity (Wildman–Crippen MR) is 171 cm³/mol. The van der Waals surface area contributed by atoms with Gasteiger partial charge in [0.25, 0.3) is 0 Å². The zero-order chi connectivity index (χ0) is 29.6. The number of hydrogen-bond donors (Lipinski definition) is 0. The van der Waals surface area contributed by atoms with Gasteiger partial charge in [-0.2, -0.15) is 0 Å². The van der Waals surface area contributed by atoms with Gasteiger partial charge in [0.05, 0.1) is 0 Å². The van der Waals surface area contributed by atoms with Gasteiger partial charge in [0, 0.05) is 33.1 Å². The molecule has 5 aromatic carbocycles. The summed E-state index contributed by atoms with van der Waals surface area (Å²) in [6.45, 7) is 13.1. The van der Waals surface area contributed by atoms with Crippen LogP contribution in [0, 0.1) is 13.8 Å². The lowest BCUT2D eigenvalue weighted by Crippen LogP contribution is -2.17. The summed E-state index contributed by atoms with van der Waals surface area (Å²) in [4.78, 5) is 26.8. The Kier molecular flexibility index (Phi) is 5.63. The quantitative estimate of drug-likeness (QED) is 0.210. The van der Waals surface area contributed by atoms with E-state index in [1.54, 1.807) is 0 Å². The van der Waals surface area contributed by atoms with E-state index in [0.717, 1.165) is 22.3 Å². The van der Waals surface area contributed by atoms with Crippen LogP contribution in [0.15, 0.2) is 97.1 Å². The van der Waals surface area contributed by atoms with Gasteiger partial charge >= 0.3 is 0 Å². The van der Waals surface area contributed by atoms with Gasteiger partial charge in [-0.25, -0.2) is 0 Å². The minimum atomic E-state index is -0.252. The smallest absolute Gasteiger partial charge is 0.193 e. The fourth-order valence-corrected chi connectivity index (χ4v) is 6.99. The maximum atomic E-state index is 13.4. The van der Waals surface area contributed by atoms with Crippen molar-refractivity contribution in [3.8, 4) is 22.3 Å². The van der Waals surface area contributed by atoms with Gasteiger partial charge in [-0.3, -0.25) is 9.59 Å². The highest BCUT2D eigenvalue weighted by molar-refractivity contribution is 6.10. The van der Waals surface area contributed by atoms with Crippen LogP contribution in [0.3, 0.4) is 0 Å². The highest BCUT2D eigenvalue weighted by atomic mass is 16.1. The molecule has 0 aromatic heterocycles. The molecule has 206 valence electrons. The summed E-state index contributed by atoms with van der Waals surface area (Å²) in [6.07, 6.45) is 0. The minimum Gasteiger partial charge on any atom is -0.289 e. The first kappa shape index (κ1) is 26.3. The van der Waals surface area contributed by atoms with Crippen molar-refractivity contribution in [2.45, 2.75) is 52.4 Å². The molecule has 0 fully saturated rings. The summed E-state index contributed by atoms with van der Waals surface area (Å²) < 4.78 is 0. The van der Waals surface area contributed by atoms with Gasteiger partial charge in [-0.15, -0.1) is 0 Å². The normalized spacial score (nSPS) is 15.0. The van der Waals surface area contributed by atoms with E-state index in [-0.39, 0.29) is 22.4 Å². The first-order chi connectivity index (χ1) is 20.0. The van der Waals surface area contributed by atoms with Gasteiger partial charge in [0.2, 0.25) is 0 Å². The molecule has 0 unspecified atom stereocenters. The van der Waals surface area contributed by atoms with Crippen LogP contribution < -0.4 is 0 Å². The van der Waals surface area contributed by atoms with Crippen LogP contribution in [0.1, 0.15) is 92.9 Å². The summed E-state index contributed by atoms with van der Waals surface area (Å²) in [6, 6.07) is 32.7. The molecule has 0 bridgehead atoms. The first-order valence-electron chi connectivity index (χ1n) is 14.7. The lowest BCUT2D eigenvalue weighted by Gasteiger charge is -2.24. The number of fused-ring (bicyclic) bond motifs is 6. The molecule has 2 aliphatic carbocycles. The summed E-state index contributed by atoms with van der Waals surface area (Å²) in [5, 5.41) is 0. The average Bonchev–Trinajstić information content (AvgIpc) is 3.35. The van der Waals surface area contributed by atoms with Crippen molar-refractivity contribution >= 4 is 11.6 Å². The maximum absolute atomic E-state index is 13.4. The third kappa shape index (κ3) is 3.78. The lowest BCUT2D eigenvalue weighted by atomic mass is 9.79. The van der Waals surface area contributed by atoms with Crippen molar-refractivity contribution in [3.63, 3.8) is 0 Å². The summed E-state index contributed by atoms with van der Waals surface area (Å²) in [5.74, 6) is 0.108. The monoisotopic (exact) mass is 546 g/mol. The number of aryl methyl sites for hydroxylation is 2. The Morgan fingerprint density at radius 1 is 0.405 bits per heavy atom. The van der Waals surface area contributed by atoms with Crippen LogP contribution in [-0.2, 0) is 10.8 Å². The second-order valence-corrected chi connectivity index (χ2v) is 13.1. The number of rotatable bonds is 4. The molecule has 7 rings (SSSR count). The molecule has 0 saturated carbocycles. The third-order valence-corrected chi connectivity index (χ3v) is 9.62. The molecule has 0 N–H and O–H groups in total. The highest BCUT2D eigenvalue weighted by Crippen LogP contribution is 2.56. The van der Waals surface area contributed by atoms with Crippen LogP contribution in [0.4, 0.5) is 0 Å².